The molecule has 0 aromatic heterocycles. The normalized spacial score (nSPS) is 13.8. The number of benzene rings is 2. The molecule has 7 heteroatoms. The number of ether oxygens (including phenoxy) is 3. The molecule has 28 heavy (non-hydrogen) atoms. The van der Waals surface area contributed by atoms with Gasteiger partial charge in [-0.25, -0.2) is 0 Å². The van der Waals surface area contributed by atoms with Gasteiger partial charge in [0.1, 0.15) is 0 Å². The molecule has 0 aliphatic carbocycles. The number of para-hydroxylation sites is 1. The first kappa shape index (κ1) is 19.5. The molecule has 148 valence electrons. The van der Waals surface area contributed by atoms with E-state index in [0.29, 0.717) is 28.6 Å². The standard InChI is InChI=1S/C21H24N2O5/c1-12(2)19(13-8-9-16(26-3)17(10-13)27-4)21(25)23-15-7-5-6-14-20(15)28-11-18(24)22-14/h5-10,12,19H,11H2,1-4H3,(H,22,24)(H,23,25). The third-order valence-corrected chi connectivity index (χ3v) is 4.61. The van der Waals surface area contributed by atoms with Crippen molar-refractivity contribution in [3.05, 3.63) is 42.0 Å². The molecule has 1 aliphatic rings. The smallest absolute Gasteiger partial charge is 0.262 e. The largest absolute Gasteiger partial charge is 0.493 e. The molecule has 1 atom stereocenters. The molecule has 2 amide bonds. The molecule has 3 rings (SSSR count). The molecule has 0 fully saturated rings. The number of carbonyl (C=O) groups excluding carboxylic acids is 2. The maximum atomic E-state index is 13.1. The predicted octanol–water partition coefficient (Wildman–Crippen LogP) is 3.41. The quantitative estimate of drug-likeness (QED) is 0.797. The zero-order valence-electron chi connectivity index (χ0n) is 16.4. The van der Waals surface area contributed by atoms with E-state index >= 15 is 0 Å². The minimum atomic E-state index is -0.408. The van der Waals surface area contributed by atoms with Gasteiger partial charge in [0, 0.05) is 0 Å². The molecule has 0 saturated heterocycles. The second-order valence-corrected chi connectivity index (χ2v) is 6.84. The van der Waals surface area contributed by atoms with Crippen LogP contribution >= 0.6 is 0 Å². The minimum Gasteiger partial charge on any atom is -0.493 e. The number of nitrogens with one attached hydrogen (secondary N) is 2. The van der Waals surface area contributed by atoms with Crippen LogP contribution in [-0.4, -0.2) is 32.6 Å². The summed E-state index contributed by atoms with van der Waals surface area (Å²) < 4.78 is 16.2. The number of hydrogen-bond acceptors (Lipinski definition) is 5. The Morgan fingerprint density at radius 2 is 1.89 bits per heavy atom. The Labute approximate surface area is 164 Å². The van der Waals surface area contributed by atoms with Gasteiger partial charge in [-0.1, -0.05) is 26.0 Å². The molecule has 1 unspecified atom stereocenters. The third-order valence-electron chi connectivity index (χ3n) is 4.61. The Morgan fingerprint density at radius 3 is 2.57 bits per heavy atom. The Balaban J connectivity index is 1.89. The second-order valence-electron chi connectivity index (χ2n) is 6.84. The molecular weight excluding hydrogens is 360 g/mol. The van der Waals surface area contributed by atoms with Gasteiger partial charge in [0.2, 0.25) is 5.91 Å². The van der Waals surface area contributed by atoms with Gasteiger partial charge in [0.05, 0.1) is 31.5 Å². The Kier molecular flexibility index (Phi) is 5.73. The van der Waals surface area contributed by atoms with Gasteiger partial charge in [-0.15, -0.1) is 0 Å². The van der Waals surface area contributed by atoms with E-state index in [4.69, 9.17) is 14.2 Å². The molecule has 2 aromatic carbocycles. The van der Waals surface area contributed by atoms with E-state index in [1.165, 1.54) is 0 Å². The number of carbonyl (C=O) groups is 2. The van der Waals surface area contributed by atoms with E-state index < -0.39 is 5.92 Å². The fourth-order valence-corrected chi connectivity index (χ4v) is 3.31. The SMILES string of the molecule is COc1ccc(C(C(=O)Nc2cccc3c2OCC(=O)N3)C(C)C)cc1OC. The van der Waals surface area contributed by atoms with Gasteiger partial charge in [-0.3, -0.25) is 9.59 Å². The van der Waals surface area contributed by atoms with E-state index in [0.717, 1.165) is 5.56 Å². The monoisotopic (exact) mass is 384 g/mol. The van der Waals surface area contributed by atoms with Crippen LogP contribution in [0, 0.1) is 5.92 Å². The van der Waals surface area contributed by atoms with Crippen molar-refractivity contribution in [2.24, 2.45) is 5.92 Å². The van der Waals surface area contributed by atoms with Crippen molar-refractivity contribution in [1.29, 1.82) is 0 Å². The first-order valence-electron chi connectivity index (χ1n) is 9.03. The molecule has 1 heterocycles. The number of methoxy groups -OCH3 is 2. The third kappa shape index (κ3) is 3.88. The van der Waals surface area contributed by atoms with Crippen LogP contribution in [0.2, 0.25) is 0 Å². The van der Waals surface area contributed by atoms with Gasteiger partial charge in [-0.05, 0) is 35.7 Å². The number of anilines is 2. The molecule has 2 N–H and O–H groups in total. The maximum absolute atomic E-state index is 13.1. The van der Waals surface area contributed by atoms with E-state index in [2.05, 4.69) is 10.6 Å². The fourth-order valence-electron chi connectivity index (χ4n) is 3.31. The highest BCUT2D eigenvalue weighted by Crippen LogP contribution is 2.38. The van der Waals surface area contributed by atoms with E-state index in [9.17, 15) is 9.59 Å². The average Bonchev–Trinajstić information content (AvgIpc) is 2.67. The van der Waals surface area contributed by atoms with Crippen molar-refractivity contribution in [3.8, 4) is 17.2 Å². The van der Waals surface area contributed by atoms with Crippen molar-refractivity contribution in [3.63, 3.8) is 0 Å². The lowest BCUT2D eigenvalue weighted by atomic mass is 9.87. The van der Waals surface area contributed by atoms with Gasteiger partial charge < -0.3 is 24.8 Å². The summed E-state index contributed by atoms with van der Waals surface area (Å²) in [4.78, 5) is 24.6. The summed E-state index contributed by atoms with van der Waals surface area (Å²) in [5.74, 6) is 0.881. The second kappa shape index (κ2) is 8.21. The van der Waals surface area contributed by atoms with E-state index in [1.54, 1.807) is 38.5 Å². The van der Waals surface area contributed by atoms with E-state index in [1.807, 2.05) is 26.0 Å². The Bertz CT molecular complexity index is 894. The van der Waals surface area contributed by atoms with Crippen LogP contribution in [-0.2, 0) is 9.59 Å². The summed E-state index contributed by atoms with van der Waals surface area (Å²) in [6.45, 7) is 3.89. The van der Waals surface area contributed by atoms with Crippen LogP contribution in [0.3, 0.4) is 0 Å². The molecule has 1 aliphatic heterocycles. The zero-order valence-corrected chi connectivity index (χ0v) is 16.4. The van der Waals surface area contributed by atoms with Crippen molar-refractivity contribution >= 4 is 23.2 Å². The lowest BCUT2D eigenvalue weighted by Crippen LogP contribution is -2.28. The lowest BCUT2D eigenvalue weighted by molar-refractivity contribution is -0.119. The lowest BCUT2D eigenvalue weighted by Gasteiger charge is -2.24. The maximum Gasteiger partial charge on any atom is 0.262 e. The van der Waals surface area contributed by atoms with Crippen molar-refractivity contribution in [2.45, 2.75) is 19.8 Å². The average molecular weight is 384 g/mol. The van der Waals surface area contributed by atoms with Crippen LogP contribution in [0.25, 0.3) is 0 Å². The van der Waals surface area contributed by atoms with Crippen molar-refractivity contribution < 1.29 is 23.8 Å². The molecule has 0 bridgehead atoms. The van der Waals surface area contributed by atoms with Crippen LogP contribution in [0.4, 0.5) is 11.4 Å². The van der Waals surface area contributed by atoms with Crippen LogP contribution in [0.15, 0.2) is 36.4 Å². The van der Waals surface area contributed by atoms with Crippen molar-refractivity contribution in [2.75, 3.05) is 31.5 Å². The number of hydrogen-bond donors (Lipinski definition) is 2. The topological polar surface area (TPSA) is 85.9 Å². The number of fused-ring (bicyclic) bond motifs is 1. The summed E-state index contributed by atoms with van der Waals surface area (Å²) in [5.41, 5.74) is 1.89. The Hall–Kier alpha value is -3.22. The minimum absolute atomic E-state index is 0.0401. The van der Waals surface area contributed by atoms with Gasteiger partial charge in [0.25, 0.3) is 5.91 Å². The van der Waals surface area contributed by atoms with Gasteiger partial charge in [0.15, 0.2) is 23.9 Å². The highest BCUT2D eigenvalue weighted by atomic mass is 16.5. The van der Waals surface area contributed by atoms with Crippen LogP contribution < -0.4 is 24.8 Å². The highest BCUT2D eigenvalue weighted by molar-refractivity contribution is 6.01. The van der Waals surface area contributed by atoms with E-state index in [-0.39, 0.29) is 24.3 Å². The first-order chi connectivity index (χ1) is 13.4. The molecule has 0 spiro atoms. The molecule has 0 radical (unpaired) electrons. The van der Waals surface area contributed by atoms with Gasteiger partial charge >= 0.3 is 0 Å². The summed E-state index contributed by atoms with van der Waals surface area (Å²) in [6, 6.07) is 10.7. The highest BCUT2D eigenvalue weighted by Gasteiger charge is 2.27. The summed E-state index contributed by atoms with van der Waals surface area (Å²) in [7, 11) is 3.13. The molecule has 2 aromatic rings. The number of amides is 2. The number of rotatable bonds is 6. The molecule has 0 saturated carbocycles. The van der Waals surface area contributed by atoms with Gasteiger partial charge in [-0.2, -0.15) is 0 Å². The van der Waals surface area contributed by atoms with Crippen LogP contribution in [0.5, 0.6) is 17.2 Å². The Morgan fingerprint density at radius 1 is 1.14 bits per heavy atom. The predicted molar refractivity (Wildman–Crippen MR) is 106 cm³/mol. The zero-order chi connectivity index (χ0) is 20.3. The summed E-state index contributed by atoms with van der Waals surface area (Å²) in [6.07, 6.45) is 0. The summed E-state index contributed by atoms with van der Waals surface area (Å²) >= 11 is 0. The van der Waals surface area contributed by atoms with Crippen molar-refractivity contribution in [1.82, 2.24) is 0 Å². The van der Waals surface area contributed by atoms with Crippen LogP contribution in [0.1, 0.15) is 25.3 Å². The molecule has 7 nitrogen and oxygen atoms in total. The summed E-state index contributed by atoms with van der Waals surface area (Å²) in [5, 5.41) is 5.68. The fraction of sp³-hybridized carbons (Fsp3) is 0.333. The first-order valence-corrected chi connectivity index (χ1v) is 9.03. The molecular formula is C21H24N2O5.